The van der Waals surface area contributed by atoms with E-state index in [1.807, 2.05) is 42.5 Å². The molecule has 5 nitrogen and oxygen atoms in total. The minimum Gasteiger partial charge on any atom is -0.320 e. The first-order valence-corrected chi connectivity index (χ1v) is 10.6. The Kier molecular flexibility index (Phi) is 5.38. The number of hydrogen-bond acceptors (Lipinski definition) is 3. The van der Waals surface area contributed by atoms with Crippen LogP contribution < -0.4 is 5.56 Å². The monoisotopic (exact) mass is 450 g/mol. The van der Waals surface area contributed by atoms with Crippen LogP contribution in [0.3, 0.4) is 0 Å². The molecule has 33 heavy (non-hydrogen) atoms. The third-order valence-corrected chi connectivity index (χ3v) is 5.87. The van der Waals surface area contributed by atoms with Gasteiger partial charge < -0.3 is 9.55 Å². The first-order valence-electron chi connectivity index (χ1n) is 10.6. The number of rotatable bonds is 4. The molecule has 2 aromatic carbocycles. The van der Waals surface area contributed by atoms with E-state index in [9.17, 15) is 18.0 Å². The van der Waals surface area contributed by atoms with Crippen molar-refractivity contribution in [3.8, 4) is 17.1 Å². The molecule has 0 spiro atoms. The van der Waals surface area contributed by atoms with Crippen LogP contribution in [0, 0.1) is 0 Å². The molecule has 1 N–H and O–H groups in total. The Morgan fingerprint density at radius 1 is 1.00 bits per heavy atom. The van der Waals surface area contributed by atoms with Gasteiger partial charge in [-0.15, -0.1) is 0 Å². The summed E-state index contributed by atoms with van der Waals surface area (Å²) >= 11 is 0. The van der Waals surface area contributed by atoms with Gasteiger partial charge in [-0.1, -0.05) is 36.4 Å². The van der Waals surface area contributed by atoms with Crippen LogP contribution in [0.15, 0.2) is 77.7 Å². The summed E-state index contributed by atoms with van der Waals surface area (Å²) in [6.45, 7) is 1.63. The van der Waals surface area contributed by atoms with Gasteiger partial charge in [-0.05, 0) is 30.3 Å². The smallest absolute Gasteiger partial charge is 0.320 e. The molecular weight excluding hydrogens is 429 g/mol. The molecule has 0 saturated heterocycles. The minimum atomic E-state index is -4.40. The van der Waals surface area contributed by atoms with Gasteiger partial charge in [0.25, 0.3) is 5.56 Å². The third kappa shape index (κ3) is 4.34. The van der Waals surface area contributed by atoms with Gasteiger partial charge in [0.2, 0.25) is 0 Å². The Balaban J connectivity index is 1.38. The van der Waals surface area contributed by atoms with Gasteiger partial charge in [0.05, 0.1) is 16.8 Å². The molecule has 0 amide bonds. The largest absolute Gasteiger partial charge is 0.416 e. The molecular formula is C25H21F3N4O. The standard InChI is InChI=1S/C25H21F3N4O/c26-25(27,28)18-8-4-9-19(14-18)32-12-5-10-20(32)15-31-13-11-22-21(16-31)24(33)30-23(29-22)17-6-2-1-3-7-17/h1-10,12,14H,11,13,15-16H2,(H,29,30,33). The first kappa shape index (κ1) is 21.2. The molecule has 0 radical (unpaired) electrons. The summed E-state index contributed by atoms with van der Waals surface area (Å²) < 4.78 is 41.2. The quantitative estimate of drug-likeness (QED) is 0.486. The number of nitrogens with one attached hydrogen (secondary N) is 1. The highest BCUT2D eigenvalue weighted by molar-refractivity contribution is 5.54. The Morgan fingerprint density at radius 3 is 2.61 bits per heavy atom. The number of nitrogens with zero attached hydrogens (tertiary/aromatic N) is 3. The summed E-state index contributed by atoms with van der Waals surface area (Å²) in [4.78, 5) is 22.5. The van der Waals surface area contributed by atoms with Crippen LogP contribution in [0.25, 0.3) is 17.1 Å². The van der Waals surface area contributed by atoms with E-state index in [1.165, 1.54) is 6.07 Å². The van der Waals surface area contributed by atoms with Crippen molar-refractivity contribution in [2.24, 2.45) is 0 Å². The van der Waals surface area contributed by atoms with Gasteiger partial charge in [-0.25, -0.2) is 4.98 Å². The normalized spacial score (nSPS) is 14.3. The van der Waals surface area contributed by atoms with Crippen LogP contribution in [0.2, 0.25) is 0 Å². The summed E-state index contributed by atoms with van der Waals surface area (Å²) in [5.74, 6) is 0.561. The number of aromatic nitrogens is 3. The second kappa shape index (κ2) is 8.37. The first-order chi connectivity index (χ1) is 15.9. The van der Waals surface area contributed by atoms with E-state index < -0.39 is 11.7 Å². The second-order valence-electron chi connectivity index (χ2n) is 8.08. The maximum absolute atomic E-state index is 13.1. The van der Waals surface area contributed by atoms with Crippen molar-refractivity contribution in [3.05, 3.63) is 106 Å². The summed E-state index contributed by atoms with van der Waals surface area (Å²) in [5.41, 5.74) is 2.76. The van der Waals surface area contributed by atoms with Gasteiger partial charge >= 0.3 is 6.18 Å². The van der Waals surface area contributed by atoms with Crippen molar-refractivity contribution in [1.82, 2.24) is 19.4 Å². The Bertz CT molecular complexity index is 1340. The minimum absolute atomic E-state index is 0.156. The number of hydrogen-bond donors (Lipinski definition) is 1. The predicted molar refractivity (Wildman–Crippen MR) is 119 cm³/mol. The lowest BCUT2D eigenvalue weighted by Crippen LogP contribution is -2.35. The van der Waals surface area contributed by atoms with Crippen molar-refractivity contribution < 1.29 is 13.2 Å². The Hall–Kier alpha value is -3.65. The number of halogens is 3. The molecule has 0 bridgehead atoms. The van der Waals surface area contributed by atoms with Crippen molar-refractivity contribution in [2.75, 3.05) is 6.54 Å². The van der Waals surface area contributed by atoms with Gasteiger partial charge in [0.1, 0.15) is 5.82 Å². The SMILES string of the molecule is O=c1[nH]c(-c2ccccc2)nc2c1CN(Cc1cccn1-c1cccc(C(F)(F)F)c1)CC2. The zero-order valence-electron chi connectivity index (χ0n) is 17.6. The van der Waals surface area contributed by atoms with Gasteiger partial charge in [0.15, 0.2) is 0 Å². The van der Waals surface area contributed by atoms with E-state index in [4.69, 9.17) is 0 Å². The highest BCUT2D eigenvalue weighted by Crippen LogP contribution is 2.31. The lowest BCUT2D eigenvalue weighted by molar-refractivity contribution is -0.137. The molecule has 5 rings (SSSR count). The molecule has 0 atom stereocenters. The van der Waals surface area contributed by atoms with Crippen molar-refractivity contribution in [2.45, 2.75) is 25.7 Å². The molecule has 1 aliphatic rings. The van der Waals surface area contributed by atoms with Crippen LogP contribution in [-0.2, 0) is 25.7 Å². The maximum Gasteiger partial charge on any atom is 0.416 e. The van der Waals surface area contributed by atoms with Crippen LogP contribution >= 0.6 is 0 Å². The van der Waals surface area contributed by atoms with Crippen molar-refractivity contribution in [3.63, 3.8) is 0 Å². The molecule has 168 valence electrons. The maximum atomic E-state index is 13.1. The van der Waals surface area contributed by atoms with Crippen LogP contribution in [0.5, 0.6) is 0 Å². The zero-order chi connectivity index (χ0) is 23.0. The lowest BCUT2D eigenvalue weighted by atomic mass is 10.1. The zero-order valence-corrected chi connectivity index (χ0v) is 17.6. The summed E-state index contributed by atoms with van der Waals surface area (Å²) in [6, 6.07) is 18.5. The van der Waals surface area contributed by atoms with Crippen LogP contribution in [-0.4, -0.2) is 26.0 Å². The van der Waals surface area contributed by atoms with Gasteiger partial charge in [-0.3, -0.25) is 9.69 Å². The van der Waals surface area contributed by atoms with E-state index >= 15 is 0 Å². The van der Waals surface area contributed by atoms with Crippen LogP contribution in [0.4, 0.5) is 13.2 Å². The fourth-order valence-electron chi connectivity index (χ4n) is 4.21. The molecule has 0 unspecified atom stereocenters. The Labute approximate surface area is 188 Å². The number of benzene rings is 2. The third-order valence-electron chi connectivity index (χ3n) is 5.87. The van der Waals surface area contributed by atoms with E-state index in [-0.39, 0.29) is 5.56 Å². The summed E-state index contributed by atoms with van der Waals surface area (Å²) in [7, 11) is 0. The average Bonchev–Trinajstić information content (AvgIpc) is 3.27. The topological polar surface area (TPSA) is 53.9 Å². The summed E-state index contributed by atoms with van der Waals surface area (Å²) in [6.07, 6.45) is -2.01. The van der Waals surface area contributed by atoms with Crippen molar-refractivity contribution >= 4 is 0 Å². The summed E-state index contributed by atoms with van der Waals surface area (Å²) in [5, 5.41) is 0. The molecule has 1 aliphatic heterocycles. The second-order valence-corrected chi connectivity index (χ2v) is 8.08. The number of H-pyrrole nitrogens is 1. The Morgan fingerprint density at radius 2 is 1.82 bits per heavy atom. The number of alkyl halides is 3. The number of fused-ring (bicyclic) bond motifs is 1. The van der Waals surface area contributed by atoms with Gasteiger partial charge in [-0.2, -0.15) is 13.2 Å². The highest BCUT2D eigenvalue weighted by atomic mass is 19.4. The van der Waals surface area contributed by atoms with Crippen molar-refractivity contribution in [1.29, 1.82) is 0 Å². The molecule has 8 heteroatoms. The predicted octanol–water partition coefficient (Wildman–Crippen LogP) is 4.80. The molecule has 0 aliphatic carbocycles. The molecule has 0 saturated carbocycles. The molecule has 3 heterocycles. The molecule has 2 aromatic heterocycles. The molecule has 0 fully saturated rings. The van der Waals surface area contributed by atoms with E-state index in [2.05, 4.69) is 14.9 Å². The van der Waals surface area contributed by atoms with Crippen LogP contribution in [0.1, 0.15) is 22.5 Å². The highest BCUT2D eigenvalue weighted by Gasteiger charge is 2.30. The van der Waals surface area contributed by atoms with E-state index in [0.29, 0.717) is 43.1 Å². The van der Waals surface area contributed by atoms with Gasteiger partial charge in [0, 0.05) is 49.2 Å². The van der Waals surface area contributed by atoms with E-state index in [0.717, 1.165) is 29.1 Å². The fraction of sp³-hybridized carbons (Fsp3) is 0.200. The van der Waals surface area contributed by atoms with E-state index in [1.54, 1.807) is 16.8 Å². The lowest BCUT2D eigenvalue weighted by Gasteiger charge is -2.28. The average molecular weight is 450 g/mol. The molecule has 4 aromatic rings. The fourth-order valence-corrected chi connectivity index (χ4v) is 4.21. The number of aromatic amines is 1.